The SMILES string of the molecule is N/C(=N\O)c1occ2ccc([N+](=O)[O-])cc12. The summed E-state index contributed by atoms with van der Waals surface area (Å²) < 4.78 is 5.06. The van der Waals surface area contributed by atoms with Crippen molar-refractivity contribution in [3.05, 3.63) is 40.3 Å². The maximum Gasteiger partial charge on any atom is 0.270 e. The highest BCUT2D eigenvalue weighted by molar-refractivity contribution is 6.07. The molecule has 0 fully saturated rings. The number of nitrogens with zero attached hydrogens (tertiary/aromatic N) is 2. The van der Waals surface area contributed by atoms with Crippen LogP contribution in [-0.4, -0.2) is 16.0 Å². The molecule has 2 rings (SSSR count). The van der Waals surface area contributed by atoms with E-state index in [0.29, 0.717) is 10.8 Å². The first-order chi connectivity index (χ1) is 7.63. The van der Waals surface area contributed by atoms with Gasteiger partial charge in [-0.05, 0) is 6.07 Å². The van der Waals surface area contributed by atoms with Crippen molar-refractivity contribution in [2.24, 2.45) is 10.9 Å². The molecule has 7 nitrogen and oxygen atoms in total. The van der Waals surface area contributed by atoms with Gasteiger partial charge in [0.25, 0.3) is 5.69 Å². The lowest BCUT2D eigenvalue weighted by Gasteiger charge is -1.94. The van der Waals surface area contributed by atoms with E-state index in [2.05, 4.69) is 5.16 Å². The Kier molecular flexibility index (Phi) is 2.20. The van der Waals surface area contributed by atoms with E-state index in [9.17, 15) is 10.1 Å². The second-order valence-corrected chi connectivity index (χ2v) is 3.08. The average molecular weight is 221 g/mol. The van der Waals surface area contributed by atoms with Crippen molar-refractivity contribution in [1.82, 2.24) is 0 Å². The minimum Gasteiger partial charge on any atom is -0.460 e. The molecule has 0 aliphatic heterocycles. The van der Waals surface area contributed by atoms with Crippen LogP contribution in [0.1, 0.15) is 5.76 Å². The Bertz CT molecular complexity index is 587. The standard InChI is InChI=1S/C9H7N3O4/c10-9(11-13)8-7-3-6(12(14)15)2-1-5(7)4-16-8/h1-4,13H,(H2,10,11). The van der Waals surface area contributed by atoms with Crippen LogP contribution in [0.2, 0.25) is 0 Å². The number of oxime groups is 1. The van der Waals surface area contributed by atoms with Gasteiger partial charge in [0.2, 0.25) is 5.84 Å². The van der Waals surface area contributed by atoms with E-state index in [1.165, 1.54) is 24.5 Å². The van der Waals surface area contributed by atoms with Gasteiger partial charge in [-0.1, -0.05) is 5.16 Å². The summed E-state index contributed by atoms with van der Waals surface area (Å²) in [5.41, 5.74) is 5.28. The Morgan fingerprint density at radius 1 is 1.56 bits per heavy atom. The molecule has 16 heavy (non-hydrogen) atoms. The van der Waals surface area contributed by atoms with Crippen LogP contribution in [0.3, 0.4) is 0 Å². The van der Waals surface area contributed by atoms with Crippen molar-refractivity contribution in [3.63, 3.8) is 0 Å². The molecule has 1 aromatic heterocycles. The quantitative estimate of drug-likeness (QED) is 0.261. The summed E-state index contributed by atoms with van der Waals surface area (Å²) in [6, 6.07) is 4.20. The average Bonchev–Trinajstić information content (AvgIpc) is 2.70. The van der Waals surface area contributed by atoms with Crippen LogP contribution in [0.15, 0.2) is 34.0 Å². The Morgan fingerprint density at radius 3 is 2.94 bits per heavy atom. The Morgan fingerprint density at radius 2 is 2.31 bits per heavy atom. The van der Waals surface area contributed by atoms with Gasteiger partial charge in [0.1, 0.15) is 0 Å². The topological polar surface area (TPSA) is 115 Å². The number of benzene rings is 1. The zero-order chi connectivity index (χ0) is 11.7. The molecule has 1 heterocycles. The number of non-ortho nitro benzene ring substituents is 1. The fourth-order valence-corrected chi connectivity index (χ4v) is 1.39. The zero-order valence-electron chi connectivity index (χ0n) is 7.95. The summed E-state index contributed by atoms with van der Waals surface area (Å²) in [7, 11) is 0. The number of hydrogen-bond donors (Lipinski definition) is 2. The fraction of sp³-hybridized carbons (Fsp3) is 0. The van der Waals surface area contributed by atoms with Gasteiger partial charge in [0, 0.05) is 22.9 Å². The van der Waals surface area contributed by atoms with Crippen molar-refractivity contribution < 1.29 is 14.5 Å². The van der Waals surface area contributed by atoms with Crippen molar-refractivity contribution in [3.8, 4) is 0 Å². The molecular weight excluding hydrogens is 214 g/mol. The monoisotopic (exact) mass is 221 g/mol. The minimum absolute atomic E-state index is 0.0825. The van der Waals surface area contributed by atoms with E-state index in [0.717, 1.165) is 0 Å². The number of hydrogen-bond acceptors (Lipinski definition) is 5. The predicted molar refractivity (Wildman–Crippen MR) is 55.4 cm³/mol. The highest BCUT2D eigenvalue weighted by Crippen LogP contribution is 2.25. The summed E-state index contributed by atoms with van der Waals surface area (Å²) >= 11 is 0. The van der Waals surface area contributed by atoms with E-state index in [4.69, 9.17) is 15.4 Å². The number of amidine groups is 1. The number of rotatable bonds is 2. The molecule has 2 aromatic rings. The zero-order valence-corrected chi connectivity index (χ0v) is 7.95. The van der Waals surface area contributed by atoms with Gasteiger partial charge >= 0.3 is 0 Å². The first-order valence-electron chi connectivity index (χ1n) is 4.27. The maximum absolute atomic E-state index is 10.6. The Labute approximate surface area is 88.9 Å². The molecule has 0 aliphatic rings. The molecule has 1 aromatic carbocycles. The predicted octanol–water partition coefficient (Wildman–Crippen LogP) is 1.44. The fourth-order valence-electron chi connectivity index (χ4n) is 1.39. The largest absolute Gasteiger partial charge is 0.460 e. The first kappa shape index (κ1) is 9.97. The lowest BCUT2D eigenvalue weighted by atomic mass is 10.1. The van der Waals surface area contributed by atoms with Gasteiger partial charge < -0.3 is 15.4 Å². The van der Waals surface area contributed by atoms with Gasteiger partial charge in [-0.2, -0.15) is 0 Å². The molecule has 82 valence electrons. The molecule has 0 bridgehead atoms. The smallest absolute Gasteiger partial charge is 0.270 e. The number of fused-ring (bicyclic) bond motifs is 1. The van der Waals surface area contributed by atoms with Gasteiger partial charge in [0.15, 0.2) is 5.76 Å². The molecule has 0 amide bonds. The molecule has 0 saturated carbocycles. The van der Waals surface area contributed by atoms with E-state index in [1.807, 2.05) is 0 Å². The third kappa shape index (κ3) is 1.44. The third-order valence-electron chi connectivity index (χ3n) is 2.14. The molecular formula is C9H7N3O4. The molecule has 0 unspecified atom stereocenters. The van der Waals surface area contributed by atoms with E-state index in [-0.39, 0.29) is 17.3 Å². The lowest BCUT2D eigenvalue weighted by Crippen LogP contribution is -2.12. The van der Waals surface area contributed by atoms with Crippen molar-refractivity contribution in [2.45, 2.75) is 0 Å². The summed E-state index contributed by atoms with van der Waals surface area (Å²) in [5.74, 6) is -0.114. The van der Waals surface area contributed by atoms with Crippen LogP contribution >= 0.6 is 0 Å². The lowest BCUT2D eigenvalue weighted by molar-refractivity contribution is -0.384. The molecule has 7 heteroatoms. The van der Waals surface area contributed by atoms with Gasteiger partial charge in [-0.3, -0.25) is 10.1 Å². The first-order valence-corrected chi connectivity index (χ1v) is 4.27. The van der Waals surface area contributed by atoms with Crippen LogP contribution in [0, 0.1) is 10.1 Å². The number of nitro benzene ring substituents is 1. The van der Waals surface area contributed by atoms with E-state index >= 15 is 0 Å². The Hall–Kier alpha value is -2.57. The van der Waals surface area contributed by atoms with Gasteiger partial charge in [-0.25, -0.2) is 0 Å². The molecule has 0 radical (unpaired) electrons. The molecule has 0 spiro atoms. The van der Waals surface area contributed by atoms with Crippen molar-refractivity contribution in [2.75, 3.05) is 0 Å². The molecule has 0 atom stereocenters. The van der Waals surface area contributed by atoms with Gasteiger partial charge in [-0.15, -0.1) is 0 Å². The summed E-state index contributed by atoms with van der Waals surface area (Å²) in [4.78, 5) is 10.1. The third-order valence-corrected chi connectivity index (χ3v) is 2.14. The van der Waals surface area contributed by atoms with Crippen molar-refractivity contribution >= 4 is 22.3 Å². The molecule has 0 aliphatic carbocycles. The van der Waals surface area contributed by atoms with Crippen LogP contribution in [0.4, 0.5) is 5.69 Å². The highest BCUT2D eigenvalue weighted by Gasteiger charge is 2.14. The van der Waals surface area contributed by atoms with Gasteiger partial charge in [0.05, 0.1) is 11.2 Å². The van der Waals surface area contributed by atoms with Crippen LogP contribution in [0.5, 0.6) is 0 Å². The van der Waals surface area contributed by atoms with Crippen molar-refractivity contribution in [1.29, 1.82) is 0 Å². The second kappa shape index (κ2) is 3.54. The summed E-state index contributed by atoms with van der Waals surface area (Å²) in [5, 5.41) is 23.0. The summed E-state index contributed by atoms with van der Waals surface area (Å²) in [6.07, 6.45) is 1.38. The Balaban J connectivity index is 2.69. The van der Waals surface area contributed by atoms with E-state index in [1.54, 1.807) is 0 Å². The highest BCUT2D eigenvalue weighted by atomic mass is 16.6. The number of nitro groups is 1. The number of furan rings is 1. The summed E-state index contributed by atoms with van der Waals surface area (Å²) in [6.45, 7) is 0. The maximum atomic E-state index is 10.6. The van der Waals surface area contributed by atoms with Crippen LogP contribution in [0.25, 0.3) is 10.8 Å². The minimum atomic E-state index is -0.525. The van der Waals surface area contributed by atoms with Crippen LogP contribution in [-0.2, 0) is 0 Å². The normalized spacial score (nSPS) is 11.9. The molecule has 3 N–H and O–H groups in total. The second-order valence-electron chi connectivity index (χ2n) is 3.08. The van der Waals surface area contributed by atoms with Crippen LogP contribution < -0.4 is 5.73 Å². The van der Waals surface area contributed by atoms with E-state index < -0.39 is 4.92 Å². The number of nitrogens with two attached hydrogens (primary N) is 1. The molecule has 0 saturated heterocycles.